The van der Waals surface area contributed by atoms with Crippen LogP contribution in [0.25, 0.3) is 10.9 Å². The van der Waals surface area contributed by atoms with Gasteiger partial charge >= 0.3 is 0 Å². The standard InChI is InChI=1S/C25H23FN4O2/c1-2-17(25(31)30-23-6-3-14(12-27)13-29-23)24-18-10-16(11-19(18)24)32-22-7-8-28-21-5-4-15(26)9-20(21)22/h3-9,13,16-19,24H,2,10-11H2,1H3,(H,29,30,31). The number of carbonyl (C=O) groups is 1. The largest absolute Gasteiger partial charge is 0.490 e. The molecule has 5 rings (SSSR count). The number of halogens is 1. The van der Waals surface area contributed by atoms with E-state index in [1.54, 1.807) is 30.5 Å². The molecule has 2 aliphatic rings. The van der Waals surface area contributed by atoms with Crippen LogP contribution >= 0.6 is 0 Å². The summed E-state index contributed by atoms with van der Waals surface area (Å²) in [5.74, 6) is 2.02. The van der Waals surface area contributed by atoms with Crippen LogP contribution in [0.4, 0.5) is 10.2 Å². The number of nitrogens with zero attached hydrogens (tertiary/aromatic N) is 3. The Balaban J connectivity index is 1.21. The Morgan fingerprint density at radius 1 is 1.25 bits per heavy atom. The van der Waals surface area contributed by atoms with Crippen molar-refractivity contribution in [1.82, 2.24) is 9.97 Å². The van der Waals surface area contributed by atoms with E-state index < -0.39 is 0 Å². The Labute approximate surface area is 185 Å². The van der Waals surface area contributed by atoms with E-state index in [-0.39, 0.29) is 23.7 Å². The zero-order valence-corrected chi connectivity index (χ0v) is 17.7. The molecule has 0 radical (unpaired) electrons. The molecule has 162 valence electrons. The van der Waals surface area contributed by atoms with Gasteiger partial charge in [-0.3, -0.25) is 9.78 Å². The van der Waals surface area contributed by atoms with Gasteiger partial charge in [-0.1, -0.05) is 6.92 Å². The van der Waals surface area contributed by atoms with Gasteiger partial charge in [0, 0.05) is 23.7 Å². The fourth-order valence-corrected chi connectivity index (χ4v) is 5.30. The summed E-state index contributed by atoms with van der Waals surface area (Å²) in [5.41, 5.74) is 1.17. The van der Waals surface area contributed by atoms with E-state index in [2.05, 4.69) is 15.3 Å². The lowest BCUT2D eigenvalue weighted by atomic mass is 9.93. The molecule has 0 spiro atoms. The van der Waals surface area contributed by atoms with E-state index in [0.717, 1.165) is 19.3 Å². The monoisotopic (exact) mass is 430 g/mol. The molecule has 1 amide bonds. The topological polar surface area (TPSA) is 87.9 Å². The van der Waals surface area contributed by atoms with E-state index in [0.29, 0.717) is 45.8 Å². The molecule has 1 aromatic carbocycles. The number of nitrogens with one attached hydrogen (secondary N) is 1. The minimum absolute atomic E-state index is 0.0165. The minimum atomic E-state index is -0.307. The zero-order valence-electron chi connectivity index (χ0n) is 17.7. The molecule has 2 saturated carbocycles. The molecule has 0 saturated heterocycles. The first-order valence-electron chi connectivity index (χ1n) is 10.9. The second-order valence-corrected chi connectivity index (χ2v) is 8.63. The van der Waals surface area contributed by atoms with Gasteiger partial charge in [0.15, 0.2) is 0 Å². The summed E-state index contributed by atoms with van der Waals surface area (Å²) in [4.78, 5) is 21.3. The van der Waals surface area contributed by atoms with Crippen LogP contribution in [0.1, 0.15) is 31.7 Å². The molecule has 3 aromatic rings. The third kappa shape index (κ3) is 3.77. The molecular weight excluding hydrogens is 407 g/mol. The molecule has 2 aliphatic carbocycles. The van der Waals surface area contributed by atoms with Crippen molar-refractivity contribution in [3.8, 4) is 11.8 Å². The average Bonchev–Trinajstić information content (AvgIpc) is 3.27. The number of ether oxygens (including phenoxy) is 1. The summed E-state index contributed by atoms with van der Waals surface area (Å²) in [6.07, 6.45) is 5.76. The van der Waals surface area contributed by atoms with Crippen molar-refractivity contribution in [2.45, 2.75) is 32.3 Å². The number of aromatic nitrogens is 2. The van der Waals surface area contributed by atoms with E-state index >= 15 is 0 Å². The number of pyridine rings is 2. The van der Waals surface area contributed by atoms with Gasteiger partial charge in [0.25, 0.3) is 0 Å². The van der Waals surface area contributed by atoms with Gasteiger partial charge in [0.2, 0.25) is 5.91 Å². The number of anilines is 1. The van der Waals surface area contributed by atoms with Gasteiger partial charge in [0.05, 0.1) is 17.2 Å². The van der Waals surface area contributed by atoms with Crippen LogP contribution in [-0.2, 0) is 4.79 Å². The Morgan fingerprint density at radius 2 is 2.06 bits per heavy atom. The van der Waals surface area contributed by atoms with Gasteiger partial charge < -0.3 is 10.1 Å². The predicted octanol–water partition coefficient (Wildman–Crippen LogP) is 4.71. The van der Waals surface area contributed by atoms with Crippen LogP contribution in [0.15, 0.2) is 48.8 Å². The van der Waals surface area contributed by atoms with E-state index in [1.165, 1.54) is 18.3 Å². The molecular formula is C25H23FN4O2. The van der Waals surface area contributed by atoms with Gasteiger partial charge in [-0.2, -0.15) is 5.26 Å². The molecule has 6 nitrogen and oxygen atoms in total. The Hall–Kier alpha value is -3.53. The van der Waals surface area contributed by atoms with Crippen LogP contribution in [0.3, 0.4) is 0 Å². The molecule has 3 unspecified atom stereocenters. The third-order valence-electron chi connectivity index (χ3n) is 6.81. The second-order valence-electron chi connectivity index (χ2n) is 8.63. The number of nitriles is 1. The van der Waals surface area contributed by atoms with Crippen molar-refractivity contribution in [2.75, 3.05) is 5.32 Å². The lowest BCUT2D eigenvalue weighted by Gasteiger charge is -2.21. The summed E-state index contributed by atoms with van der Waals surface area (Å²) >= 11 is 0. The van der Waals surface area contributed by atoms with Crippen LogP contribution in [0, 0.1) is 40.8 Å². The molecule has 2 fully saturated rings. The first-order chi connectivity index (χ1) is 15.6. The first kappa shape index (κ1) is 20.4. The SMILES string of the molecule is CCC(C(=O)Nc1ccc(C#N)cn1)C1C2CC(Oc3ccnc4ccc(F)cc34)CC21. The number of hydrogen-bond donors (Lipinski definition) is 1. The van der Waals surface area contributed by atoms with E-state index in [4.69, 9.17) is 10.00 Å². The van der Waals surface area contributed by atoms with Crippen molar-refractivity contribution in [1.29, 1.82) is 5.26 Å². The van der Waals surface area contributed by atoms with Crippen molar-refractivity contribution < 1.29 is 13.9 Å². The number of carbonyl (C=O) groups excluding carboxylic acids is 1. The van der Waals surface area contributed by atoms with Gasteiger partial charge in [-0.25, -0.2) is 9.37 Å². The van der Waals surface area contributed by atoms with E-state index in [9.17, 15) is 9.18 Å². The Bertz CT molecular complexity index is 1190. The normalized spacial score (nSPS) is 24.4. The molecule has 2 heterocycles. The minimum Gasteiger partial charge on any atom is -0.490 e. The Kier molecular flexibility index (Phi) is 5.22. The first-order valence-corrected chi connectivity index (χ1v) is 10.9. The third-order valence-corrected chi connectivity index (χ3v) is 6.81. The summed E-state index contributed by atoms with van der Waals surface area (Å²) in [6.45, 7) is 2.04. The molecule has 32 heavy (non-hydrogen) atoms. The second kappa shape index (κ2) is 8.19. The summed E-state index contributed by atoms with van der Waals surface area (Å²) in [7, 11) is 0. The predicted molar refractivity (Wildman–Crippen MR) is 117 cm³/mol. The number of benzene rings is 1. The van der Waals surface area contributed by atoms with Crippen molar-refractivity contribution in [2.24, 2.45) is 23.7 Å². The molecule has 1 N–H and O–H groups in total. The van der Waals surface area contributed by atoms with Crippen LogP contribution in [0.5, 0.6) is 5.75 Å². The maximum absolute atomic E-state index is 13.7. The number of hydrogen-bond acceptors (Lipinski definition) is 5. The molecule has 0 bridgehead atoms. The van der Waals surface area contributed by atoms with Gasteiger partial charge in [-0.05, 0) is 73.4 Å². The quantitative estimate of drug-likeness (QED) is 0.612. The highest BCUT2D eigenvalue weighted by Gasteiger charge is 2.60. The highest BCUT2D eigenvalue weighted by Crippen LogP contribution is 2.62. The van der Waals surface area contributed by atoms with Crippen LogP contribution in [0.2, 0.25) is 0 Å². The molecule has 7 heteroatoms. The zero-order chi connectivity index (χ0) is 22.2. The molecule has 2 aromatic heterocycles. The number of amides is 1. The Morgan fingerprint density at radius 3 is 2.75 bits per heavy atom. The van der Waals surface area contributed by atoms with Gasteiger partial charge in [0.1, 0.15) is 23.5 Å². The van der Waals surface area contributed by atoms with Crippen molar-refractivity contribution in [3.63, 3.8) is 0 Å². The lowest BCUT2D eigenvalue weighted by molar-refractivity contribution is -0.121. The maximum atomic E-state index is 13.7. The number of fused-ring (bicyclic) bond motifs is 2. The summed E-state index contributed by atoms with van der Waals surface area (Å²) in [5, 5.41) is 12.5. The summed E-state index contributed by atoms with van der Waals surface area (Å²) in [6, 6.07) is 11.6. The van der Waals surface area contributed by atoms with Crippen molar-refractivity contribution in [3.05, 3.63) is 60.2 Å². The average molecular weight is 430 g/mol. The fraction of sp³-hybridized carbons (Fsp3) is 0.360. The van der Waals surface area contributed by atoms with Crippen molar-refractivity contribution >= 4 is 22.6 Å². The van der Waals surface area contributed by atoms with Crippen LogP contribution in [-0.4, -0.2) is 22.0 Å². The maximum Gasteiger partial charge on any atom is 0.228 e. The molecule has 0 aliphatic heterocycles. The van der Waals surface area contributed by atoms with Gasteiger partial charge in [-0.15, -0.1) is 0 Å². The lowest BCUT2D eigenvalue weighted by Crippen LogP contribution is -2.27. The fourth-order valence-electron chi connectivity index (χ4n) is 5.30. The summed E-state index contributed by atoms with van der Waals surface area (Å²) < 4.78 is 19.9. The highest BCUT2D eigenvalue weighted by molar-refractivity contribution is 5.92. The molecule has 3 atom stereocenters. The number of rotatable bonds is 6. The van der Waals surface area contributed by atoms with Crippen LogP contribution < -0.4 is 10.1 Å². The smallest absolute Gasteiger partial charge is 0.228 e. The highest BCUT2D eigenvalue weighted by atomic mass is 19.1. The van der Waals surface area contributed by atoms with E-state index in [1.807, 2.05) is 13.0 Å².